The van der Waals surface area contributed by atoms with Gasteiger partial charge in [-0.25, -0.2) is 9.78 Å². The molecule has 0 unspecified atom stereocenters. The summed E-state index contributed by atoms with van der Waals surface area (Å²) < 4.78 is 7.90. The van der Waals surface area contributed by atoms with E-state index in [2.05, 4.69) is 20.5 Å². The van der Waals surface area contributed by atoms with Crippen LogP contribution >= 0.6 is 0 Å². The summed E-state index contributed by atoms with van der Waals surface area (Å²) >= 11 is 0. The molecule has 0 radical (unpaired) electrons. The molecule has 10 heteroatoms. The van der Waals surface area contributed by atoms with Gasteiger partial charge in [-0.05, 0) is 37.2 Å². The van der Waals surface area contributed by atoms with E-state index in [9.17, 15) is 9.59 Å². The lowest BCUT2D eigenvalue weighted by Gasteiger charge is -2.08. The Balaban J connectivity index is 1.76. The van der Waals surface area contributed by atoms with E-state index >= 15 is 0 Å². The largest absolute Gasteiger partial charge is 0.494 e. The zero-order valence-electron chi connectivity index (χ0n) is 15.8. The summed E-state index contributed by atoms with van der Waals surface area (Å²) in [6.07, 6.45) is 0.821. The molecule has 0 bridgehead atoms. The molecule has 0 spiro atoms. The van der Waals surface area contributed by atoms with Gasteiger partial charge in [-0.2, -0.15) is 0 Å². The van der Waals surface area contributed by atoms with Crippen LogP contribution in [0.25, 0.3) is 22.6 Å². The lowest BCUT2D eigenvalue weighted by Crippen LogP contribution is -2.38. The second kappa shape index (κ2) is 8.72. The molecule has 10 nitrogen and oxygen atoms in total. The van der Waals surface area contributed by atoms with Gasteiger partial charge in [0.2, 0.25) is 0 Å². The Bertz CT molecular complexity index is 1070. The molecule has 3 rings (SSSR count). The number of aromatic nitrogens is 5. The van der Waals surface area contributed by atoms with E-state index in [0.717, 1.165) is 17.5 Å². The number of aliphatic hydroxyl groups excluding tert-OH is 1. The Morgan fingerprint density at radius 1 is 1.07 bits per heavy atom. The van der Waals surface area contributed by atoms with E-state index in [0.29, 0.717) is 30.3 Å². The van der Waals surface area contributed by atoms with Crippen LogP contribution in [0.2, 0.25) is 0 Å². The quantitative estimate of drug-likeness (QED) is 0.494. The van der Waals surface area contributed by atoms with Crippen molar-refractivity contribution in [2.45, 2.75) is 6.42 Å². The number of aliphatic hydroxyl groups is 1. The third kappa shape index (κ3) is 4.07. The number of fused-ring (bicyclic) bond motifs is 1. The molecule has 0 fully saturated rings. The molecular formula is C18H22N6O4. The van der Waals surface area contributed by atoms with Crippen LogP contribution in [-0.2, 0) is 14.1 Å². The van der Waals surface area contributed by atoms with E-state index in [1.165, 1.54) is 18.7 Å². The lowest BCUT2D eigenvalue weighted by molar-refractivity contribution is 0.282. The van der Waals surface area contributed by atoms with Crippen molar-refractivity contribution in [3.05, 3.63) is 45.1 Å². The molecule has 2 heterocycles. The first-order chi connectivity index (χ1) is 13.5. The number of aryl methyl sites for hydroxylation is 1. The maximum Gasteiger partial charge on any atom is 0.332 e. The Hall–Kier alpha value is -3.11. The number of ether oxygens (including phenoxy) is 1. The fourth-order valence-corrected chi connectivity index (χ4v) is 2.66. The molecule has 0 aliphatic heterocycles. The summed E-state index contributed by atoms with van der Waals surface area (Å²) in [5.41, 5.74) is -0.0717. The molecular weight excluding hydrogens is 364 g/mol. The standard InChI is InChI=1S/C18H22N6O4/c1-23-16-14(17(26)24(2)18(23)27)20-15(21-22-16)12-4-6-13(7-5-12)28-11-3-8-19-9-10-25/h4-7,19,25H,3,8-11H2,1-2H3. The second-order valence-electron chi connectivity index (χ2n) is 6.21. The molecule has 0 aliphatic carbocycles. The highest BCUT2D eigenvalue weighted by molar-refractivity contribution is 5.71. The fraction of sp³-hybridized carbons (Fsp3) is 0.389. The van der Waals surface area contributed by atoms with E-state index in [1.54, 1.807) is 24.3 Å². The minimum absolute atomic E-state index is 0.0882. The molecule has 28 heavy (non-hydrogen) atoms. The third-order valence-corrected chi connectivity index (χ3v) is 4.24. The molecule has 148 valence electrons. The van der Waals surface area contributed by atoms with Crippen molar-refractivity contribution < 1.29 is 9.84 Å². The van der Waals surface area contributed by atoms with Gasteiger partial charge in [0.25, 0.3) is 5.56 Å². The van der Waals surface area contributed by atoms with E-state index in [-0.39, 0.29) is 17.8 Å². The summed E-state index contributed by atoms with van der Waals surface area (Å²) in [7, 11) is 2.92. The van der Waals surface area contributed by atoms with Crippen LogP contribution in [0.4, 0.5) is 0 Å². The molecule has 3 aromatic rings. The van der Waals surface area contributed by atoms with Crippen molar-refractivity contribution in [2.75, 3.05) is 26.3 Å². The van der Waals surface area contributed by atoms with Crippen molar-refractivity contribution in [2.24, 2.45) is 14.1 Å². The molecule has 0 saturated carbocycles. The summed E-state index contributed by atoms with van der Waals surface area (Å²) in [6.45, 7) is 2.02. The van der Waals surface area contributed by atoms with Gasteiger partial charge < -0.3 is 15.2 Å². The van der Waals surface area contributed by atoms with Crippen LogP contribution in [-0.4, -0.2) is 55.7 Å². The summed E-state index contributed by atoms with van der Waals surface area (Å²) in [4.78, 5) is 28.6. The second-order valence-corrected chi connectivity index (χ2v) is 6.21. The van der Waals surface area contributed by atoms with Gasteiger partial charge in [-0.1, -0.05) is 0 Å². The maximum absolute atomic E-state index is 12.3. The number of hydrogen-bond acceptors (Lipinski definition) is 8. The van der Waals surface area contributed by atoms with Crippen LogP contribution in [0.3, 0.4) is 0 Å². The maximum atomic E-state index is 12.3. The van der Waals surface area contributed by atoms with Gasteiger partial charge in [0.05, 0.1) is 13.2 Å². The SMILES string of the molecule is Cn1c(=O)c2nc(-c3ccc(OCCCNCCO)cc3)nnc2n(C)c1=O. The predicted molar refractivity (Wildman–Crippen MR) is 103 cm³/mol. The zero-order valence-corrected chi connectivity index (χ0v) is 15.8. The molecule has 0 saturated heterocycles. The first-order valence-corrected chi connectivity index (χ1v) is 8.88. The van der Waals surface area contributed by atoms with Gasteiger partial charge in [-0.3, -0.25) is 13.9 Å². The van der Waals surface area contributed by atoms with Crippen molar-refractivity contribution in [1.82, 2.24) is 29.6 Å². The number of benzene rings is 1. The molecule has 0 aliphatic rings. The summed E-state index contributed by atoms with van der Waals surface area (Å²) in [5, 5.41) is 19.8. The van der Waals surface area contributed by atoms with Gasteiger partial charge in [-0.15, -0.1) is 10.2 Å². The smallest absolute Gasteiger partial charge is 0.332 e. The summed E-state index contributed by atoms with van der Waals surface area (Å²) in [5.74, 6) is 1.00. The van der Waals surface area contributed by atoms with E-state index < -0.39 is 11.2 Å². The predicted octanol–water partition coefficient (Wildman–Crippen LogP) is -0.560. The van der Waals surface area contributed by atoms with Gasteiger partial charge >= 0.3 is 5.69 Å². The van der Waals surface area contributed by atoms with Crippen LogP contribution < -0.4 is 21.3 Å². The van der Waals surface area contributed by atoms with Crippen LogP contribution in [0.15, 0.2) is 33.9 Å². The number of nitrogens with zero attached hydrogens (tertiary/aromatic N) is 5. The van der Waals surface area contributed by atoms with Gasteiger partial charge in [0, 0.05) is 26.2 Å². The molecule has 0 amide bonds. The highest BCUT2D eigenvalue weighted by atomic mass is 16.5. The van der Waals surface area contributed by atoms with E-state index in [4.69, 9.17) is 9.84 Å². The Morgan fingerprint density at radius 3 is 2.54 bits per heavy atom. The van der Waals surface area contributed by atoms with Crippen LogP contribution in [0.1, 0.15) is 6.42 Å². The molecule has 2 N–H and O–H groups in total. The van der Waals surface area contributed by atoms with Crippen LogP contribution in [0.5, 0.6) is 5.75 Å². The Labute approximate surface area is 160 Å². The highest BCUT2D eigenvalue weighted by Crippen LogP contribution is 2.19. The summed E-state index contributed by atoms with van der Waals surface area (Å²) in [6, 6.07) is 7.16. The van der Waals surface area contributed by atoms with Crippen molar-refractivity contribution in [3.63, 3.8) is 0 Å². The first kappa shape index (κ1) is 19.6. The van der Waals surface area contributed by atoms with Crippen molar-refractivity contribution in [1.29, 1.82) is 0 Å². The average Bonchev–Trinajstić information content (AvgIpc) is 2.73. The average molecular weight is 386 g/mol. The first-order valence-electron chi connectivity index (χ1n) is 8.88. The Kier molecular flexibility index (Phi) is 6.12. The minimum Gasteiger partial charge on any atom is -0.494 e. The highest BCUT2D eigenvalue weighted by Gasteiger charge is 2.13. The minimum atomic E-state index is -0.510. The topological polar surface area (TPSA) is 124 Å². The number of nitrogens with one attached hydrogen (secondary N) is 1. The Morgan fingerprint density at radius 2 is 1.82 bits per heavy atom. The number of rotatable bonds is 8. The lowest BCUT2D eigenvalue weighted by atomic mass is 10.2. The van der Waals surface area contributed by atoms with E-state index in [1.807, 2.05) is 0 Å². The van der Waals surface area contributed by atoms with Crippen LogP contribution in [0, 0.1) is 0 Å². The monoisotopic (exact) mass is 386 g/mol. The molecule has 0 atom stereocenters. The molecule has 2 aromatic heterocycles. The zero-order chi connectivity index (χ0) is 20.1. The molecule has 1 aromatic carbocycles. The fourth-order valence-electron chi connectivity index (χ4n) is 2.66. The third-order valence-electron chi connectivity index (χ3n) is 4.24. The number of hydrogen-bond donors (Lipinski definition) is 2. The normalized spacial score (nSPS) is 11.1. The van der Waals surface area contributed by atoms with Gasteiger partial charge in [0.15, 0.2) is 17.0 Å². The van der Waals surface area contributed by atoms with Crippen molar-refractivity contribution in [3.8, 4) is 17.1 Å². The van der Waals surface area contributed by atoms with Gasteiger partial charge in [0.1, 0.15) is 5.75 Å². The van der Waals surface area contributed by atoms with Crippen molar-refractivity contribution >= 4 is 11.2 Å².